The Hall–Kier alpha value is -0.870. The Morgan fingerprint density at radius 1 is 1.28 bits per heavy atom. The highest BCUT2D eigenvalue weighted by Gasteiger charge is 2.24. The maximum Gasteiger partial charge on any atom is 0.0521 e. The van der Waals surface area contributed by atoms with Crippen molar-refractivity contribution in [2.75, 3.05) is 19.6 Å². The summed E-state index contributed by atoms with van der Waals surface area (Å²) in [5.74, 6) is 0.998. The summed E-state index contributed by atoms with van der Waals surface area (Å²) in [7, 11) is 2.03. The van der Waals surface area contributed by atoms with E-state index in [1.54, 1.807) is 0 Å². The van der Waals surface area contributed by atoms with Crippen LogP contribution >= 0.6 is 0 Å². The summed E-state index contributed by atoms with van der Waals surface area (Å²) in [6.07, 6.45) is 7.38. The highest BCUT2D eigenvalue weighted by Crippen LogP contribution is 2.28. The van der Waals surface area contributed by atoms with Crippen LogP contribution < -0.4 is 5.32 Å². The van der Waals surface area contributed by atoms with Crippen LogP contribution in [0.3, 0.4) is 0 Å². The van der Waals surface area contributed by atoms with E-state index in [-0.39, 0.29) is 0 Å². The lowest BCUT2D eigenvalue weighted by molar-refractivity contribution is 0.186. The Kier molecular flexibility index (Phi) is 3.66. The number of aryl methyl sites for hydroxylation is 1. The van der Waals surface area contributed by atoms with Crippen LogP contribution in [0, 0.1) is 5.92 Å². The van der Waals surface area contributed by atoms with Gasteiger partial charge in [-0.3, -0.25) is 9.58 Å². The molecule has 1 saturated carbocycles. The summed E-state index contributed by atoms with van der Waals surface area (Å²) in [6, 6.07) is 2.88. The van der Waals surface area contributed by atoms with E-state index in [1.807, 2.05) is 17.9 Å². The molecule has 4 heteroatoms. The molecule has 1 aromatic heterocycles. The van der Waals surface area contributed by atoms with Crippen LogP contribution in [-0.2, 0) is 13.6 Å². The van der Waals surface area contributed by atoms with E-state index in [0.717, 1.165) is 18.5 Å². The highest BCUT2D eigenvalue weighted by molar-refractivity contribution is 5.00. The molecule has 2 fully saturated rings. The summed E-state index contributed by atoms with van der Waals surface area (Å²) in [5, 5.41) is 7.96. The monoisotopic (exact) mass is 248 g/mol. The molecule has 4 nitrogen and oxygen atoms in total. The molecule has 0 bridgehead atoms. The lowest BCUT2D eigenvalue weighted by atomic mass is 10.0. The average molecular weight is 248 g/mol. The molecular weight excluding hydrogens is 224 g/mol. The molecule has 1 N–H and O–H groups in total. The van der Waals surface area contributed by atoms with E-state index < -0.39 is 0 Å². The first-order valence-electron chi connectivity index (χ1n) is 7.24. The highest BCUT2D eigenvalue weighted by atomic mass is 15.3. The largest absolute Gasteiger partial charge is 0.314 e. The van der Waals surface area contributed by atoms with Crippen LogP contribution in [0.2, 0.25) is 0 Å². The van der Waals surface area contributed by atoms with Crippen LogP contribution in [0.15, 0.2) is 12.3 Å². The molecule has 0 radical (unpaired) electrons. The first-order valence-corrected chi connectivity index (χ1v) is 7.24. The molecule has 2 aliphatic rings. The summed E-state index contributed by atoms with van der Waals surface area (Å²) in [5.41, 5.74) is 1.32. The number of hydrogen-bond acceptors (Lipinski definition) is 3. The van der Waals surface area contributed by atoms with Gasteiger partial charge in [0.2, 0.25) is 0 Å². The number of nitrogens with one attached hydrogen (secondary N) is 1. The second-order valence-electron chi connectivity index (χ2n) is 5.85. The minimum absolute atomic E-state index is 0.758. The zero-order valence-corrected chi connectivity index (χ0v) is 11.3. The zero-order valence-electron chi connectivity index (χ0n) is 11.3. The maximum atomic E-state index is 4.23. The van der Waals surface area contributed by atoms with Gasteiger partial charge in [-0.25, -0.2) is 0 Å². The van der Waals surface area contributed by atoms with Crippen LogP contribution in [0.25, 0.3) is 0 Å². The maximum absolute atomic E-state index is 4.23. The van der Waals surface area contributed by atoms with Gasteiger partial charge in [-0.1, -0.05) is 0 Å². The van der Waals surface area contributed by atoms with Gasteiger partial charge in [0.05, 0.1) is 5.69 Å². The third kappa shape index (κ3) is 3.12. The van der Waals surface area contributed by atoms with E-state index in [2.05, 4.69) is 21.4 Å². The Balaban J connectivity index is 1.40. The standard InChI is InChI=1S/C14H24N4/c1-17-14(4-7-16-17)11-18-8-5-13(6-9-18)15-10-12-2-3-12/h4,7,12-13,15H,2-3,5-6,8-11H2,1H3. The van der Waals surface area contributed by atoms with Crippen molar-refractivity contribution in [3.05, 3.63) is 18.0 Å². The van der Waals surface area contributed by atoms with Crippen LogP contribution in [0.4, 0.5) is 0 Å². The van der Waals surface area contributed by atoms with Crippen LogP contribution in [0.5, 0.6) is 0 Å². The Bertz CT molecular complexity index is 375. The van der Waals surface area contributed by atoms with Gasteiger partial charge < -0.3 is 5.32 Å². The second kappa shape index (κ2) is 5.41. The molecule has 1 aliphatic heterocycles. The van der Waals surface area contributed by atoms with Gasteiger partial charge in [-0.2, -0.15) is 5.10 Å². The third-order valence-electron chi connectivity index (χ3n) is 4.29. The lowest BCUT2D eigenvalue weighted by Gasteiger charge is -2.32. The quantitative estimate of drug-likeness (QED) is 0.854. The van der Waals surface area contributed by atoms with Crippen molar-refractivity contribution >= 4 is 0 Å². The van der Waals surface area contributed by atoms with Gasteiger partial charge in [0.1, 0.15) is 0 Å². The van der Waals surface area contributed by atoms with Gasteiger partial charge in [0.25, 0.3) is 0 Å². The number of rotatable bonds is 5. The van der Waals surface area contributed by atoms with Crippen LogP contribution in [0.1, 0.15) is 31.4 Å². The summed E-state index contributed by atoms with van der Waals surface area (Å²) >= 11 is 0. The van der Waals surface area contributed by atoms with Gasteiger partial charge in [0.15, 0.2) is 0 Å². The molecule has 0 spiro atoms. The molecule has 0 unspecified atom stereocenters. The van der Waals surface area contributed by atoms with Crippen molar-refractivity contribution in [3.63, 3.8) is 0 Å². The normalized spacial score (nSPS) is 22.5. The van der Waals surface area contributed by atoms with Gasteiger partial charge in [-0.05, 0) is 44.2 Å². The fourth-order valence-corrected chi connectivity index (χ4v) is 2.74. The van der Waals surface area contributed by atoms with Crippen molar-refractivity contribution < 1.29 is 0 Å². The fraction of sp³-hybridized carbons (Fsp3) is 0.786. The summed E-state index contributed by atoms with van der Waals surface area (Å²) < 4.78 is 1.98. The number of piperidine rings is 1. The predicted octanol–water partition coefficient (Wildman–Crippen LogP) is 1.38. The molecule has 1 aromatic rings. The summed E-state index contributed by atoms with van der Waals surface area (Å²) in [6.45, 7) is 4.74. The fourth-order valence-electron chi connectivity index (χ4n) is 2.74. The molecule has 0 atom stereocenters. The minimum Gasteiger partial charge on any atom is -0.314 e. The van der Waals surface area contributed by atoms with Gasteiger partial charge >= 0.3 is 0 Å². The lowest BCUT2D eigenvalue weighted by Crippen LogP contribution is -2.42. The predicted molar refractivity (Wildman–Crippen MR) is 72.2 cm³/mol. The molecular formula is C14H24N4. The number of likely N-dealkylation sites (tertiary alicyclic amines) is 1. The Morgan fingerprint density at radius 3 is 2.67 bits per heavy atom. The SMILES string of the molecule is Cn1nccc1CN1CCC(NCC2CC2)CC1. The van der Waals surface area contributed by atoms with Crippen LogP contribution in [-0.4, -0.2) is 40.4 Å². The van der Waals surface area contributed by atoms with E-state index in [9.17, 15) is 0 Å². The van der Waals surface area contributed by atoms with Crippen molar-refractivity contribution in [2.45, 2.75) is 38.3 Å². The van der Waals surface area contributed by atoms with E-state index >= 15 is 0 Å². The van der Waals surface area contributed by atoms with Gasteiger partial charge in [-0.15, -0.1) is 0 Å². The van der Waals surface area contributed by atoms with Crippen molar-refractivity contribution in [2.24, 2.45) is 13.0 Å². The van der Waals surface area contributed by atoms with Crippen molar-refractivity contribution in [1.82, 2.24) is 20.0 Å². The Labute approximate surface area is 109 Å². The first kappa shape index (κ1) is 12.2. The smallest absolute Gasteiger partial charge is 0.0521 e. The number of nitrogens with zero attached hydrogens (tertiary/aromatic N) is 3. The van der Waals surface area contributed by atoms with Crippen molar-refractivity contribution in [1.29, 1.82) is 0 Å². The number of aromatic nitrogens is 2. The first-order chi connectivity index (χ1) is 8.81. The molecule has 100 valence electrons. The van der Waals surface area contributed by atoms with Crippen molar-refractivity contribution in [3.8, 4) is 0 Å². The minimum atomic E-state index is 0.758. The molecule has 3 rings (SSSR count). The average Bonchev–Trinajstić information content (AvgIpc) is 3.13. The summed E-state index contributed by atoms with van der Waals surface area (Å²) in [4.78, 5) is 2.55. The topological polar surface area (TPSA) is 33.1 Å². The number of hydrogen-bond donors (Lipinski definition) is 1. The zero-order chi connectivity index (χ0) is 12.4. The third-order valence-corrected chi connectivity index (χ3v) is 4.29. The molecule has 1 saturated heterocycles. The van der Waals surface area contributed by atoms with E-state index in [4.69, 9.17) is 0 Å². The molecule has 1 aliphatic carbocycles. The van der Waals surface area contributed by atoms with E-state index in [0.29, 0.717) is 0 Å². The Morgan fingerprint density at radius 2 is 2.06 bits per heavy atom. The van der Waals surface area contributed by atoms with Gasteiger partial charge in [0, 0.05) is 38.9 Å². The van der Waals surface area contributed by atoms with E-state index in [1.165, 1.54) is 51.0 Å². The second-order valence-corrected chi connectivity index (χ2v) is 5.85. The molecule has 18 heavy (non-hydrogen) atoms. The molecule has 0 aromatic carbocycles. The molecule has 2 heterocycles. The molecule has 0 amide bonds.